The van der Waals surface area contributed by atoms with Crippen LogP contribution in [0.2, 0.25) is 0 Å². The van der Waals surface area contributed by atoms with Crippen LogP contribution in [0.5, 0.6) is 0 Å². The molecule has 0 atom stereocenters. The van der Waals surface area contributed by atoms with E-state index in [0.29, 0.717) is 11.4 Å². The van der Waals surface area contributed by atoms with Gasteiger partial charge in [0, 0.05) is 35.0 Å². The third kappa shape index (κ3) is 5.54. The zero-order chi connectivity index (χ0) is 17.8. The lowest BCUT2D eigenvalue weighted by molar-refractivity contribution is 0.601. The summed E-state index contributed by atoms with van der Waals surface area (Å²) in [7, 11) is -6.33. The fourth-order valence-corrected chi connectivity index (χ4v) is 3.00. The van der Waals surface area contributed by atoms with Crippen molar-refractivity contribution in [2.45, 2.75) is 0 Å². The number of hydrogen-bond donors (Lipinski definition) is 2. The Kier molecular flexibility index (Phi) is 5.51. The SMILES string of the molecule is CS(=O)(=O)CNc1ccccc1-c1ccccc1NCS(C)(=O)=O. The van der Waals surface area contributed by atoms with Crippen molar-refractivity contribution in [3.05, 3.63) is 48.5 Å². The van der Waals surface area contributed by atoms with Crippen molar-refractivity contribution < 1.29 is 16.8 Å². The van der Waals surface area contributed by atoms with Crippen molar-refractivity contribution in [2.75, 3.05) is 34.9 Å². The van der Waals surface area contributed by atoms with Gasteiger partial charge in [0.2, 0.25) is 0 Å². The van der Waals surface area contributed by atoms with Gasteiger partial charge < -0.3 is 10.6 Å². The van der Waals surface area contributed by atoms with Crippen LogP contribution in [0.3, 0.4) is 0 Å². The molecule has 0 saturated carbocycles. The number of nitrogens with one attached hydrogen (secondary N) is 2. The molecule has 0 fully saturated rings. The first-order valence-electron chi connectivity index (χ1n) is 7.17. The van der Waals surface area contributed by atoms with Crippen LogP contribution in [-0.4, -0.2) is 41.1 Å². The topological polar surface area (TPSA) is 92.3 Å². The molecule has 0 bridgehead atoms. The fourth-order valence-electron chi connectivity index (χ4n) is 2.16. The van der Waals surface area contributed by atoms with Gasteiger partial charge in [-0.15, -0.1) is 0 Å². The molecule has 0 radical (unpaired) electrons. The Morgan fingerprint density at radius 3 is 1.33 bits per heavy atom. The summed E-state index contributed by atoms with van der Waals surface area (Å²) >= 11 is 0. The van der Waals surface area contributed by atoms with Crippen LogP contribution in [-0.2, 0) is 19.7 Å². The van der Waals surface area contributed by atoms with Gasteiger partial charge in [-0.3, -0.25) is 0 Å². The second-order valence-electron chi connectivity index (χ2n) is 5.58. The third-order valence-corrected chi connectivity index (χ3v) is 4.53. The molecule has 2 N–H and O–H groups in total. The van der Waals surface area contributed by atoms with E-state index >= 15 is 0 Å². The minimum absolute atomic E-state index is 0.178. The lowest BCUT2D eigenvalue weighted by atomic mass is 10.0. The summed E-state index contributed by atoms with van der Waals surface area (Å²) in [5.41, 5.74) is 2.91. The van der Waals surface area contributed by atoms with E-state index in [1.165, 1.54) is 0 Å². The lowest BCUT2D eigenvalue weighted by Gasteiger charge is -2.15. The first-order chi connectivity index (χ1) is 11.2. The van der Waals surface area contributed by atoms with Gasteiger partial charge in [0.05, 0.1) is 0 Å². The van der Waals surface area contributed by atoms with E-state index < -0.39 is 19.7 Å². The zero-order valence-corrected chi connectivity index (χ0v) is 15.1. The molecule has 6 nitrogen and oxygen atoms in total. The molecule has 2 rings (SSSR count). The Balaban J connectivity index is 2.38. The van der Waals surface area contributed by atoms with Crippen LogP contribution >= 0.6 is 0 Å². The van der Waals surface area contributed by atoms with Crippen LogP contribution in [0.15, 0.2) is 48.5 Å². The predicted octanol–water partition coefficient (Wildman–Crippen LogP) is 2.18. The van der Waals surface area contributed by atoms with Crippen molar-refractivity contribution in [3.8, 4) is 11.1 Å². The fraction of sp³-hybridized carbons (Fsp3) is 0.250. The molecule has 0 aliphatic rings. The van der Waals surface area contributed by atoms with Crippen molar-refractivity contribution in [2.24, 2.45) is 0 Å². The average molecular weight is 368 g/mol. The average Bonchev–Trinajstić information content (AvgIpc) is 2.50. The van der Waals surface area contributed by atoms with Gasteiger partial charge in [0.15, 0.2) is 19.7 Å². The third-order valence-electron chi connectivity index (χ3n) is 3.19. The molecule has 0 spiro atoms. The highest BCUT2D eigenvalue weighted by molar-refractivity contribution is 7.91. The van der Waals surface area contributed by atoms with E-state index in [4.69, 9.17) is 0 Å². The standard InChI is InChI=1S/C16H20N2O4S2/c1-23(19,20)11-17-15-9-5-3-7-13(15)14-8-4-6-10-16(14)18-12-24(2,21)22/h3-10,17-18H,11-12H2,1-2H3. The maximum atomic E-state index is 11.4. The maximum absolute atomic E-state index is 11.4. The van der Waals surface area contributed by atoms with E-state index in [9.17, 15) is 16.8 Å². The molecule has 0 unspecified atom stereocenters. The number of benzene rings is 2. The number of rotatable bonds is 7. The number of sulfone groups is 2. The van der Waals surface area contributed by atoms with E-state index in [1.807, 2.05) is 24.3 Å². The van der Waals surface area contributed by atoms with Crippen LogP contribution < -0.4 is 10.6 Å². The van der Waals surface area contributed by atoms with Crippen LogP contribution in [0.25, 0.3) is 11.1 Å². The maximum Gasteiger partial charge on any atom is 0.165 e. The second kappa shape index (κ2) is 7.23. The van der Waals surface area contributed by atoms with Gasteiger partial charge in [0.1, 0.15) is 11.8 Å². The molecule has 0 amide bonds. The van der Waals surface area contributed by atoms with Gasteiger partial charge >= 0.3 is 0 Å². The van der Waals surface area contributed by atoms with Crippen molar-refractivity contribution >= 4 is 31.0 Å². The van der Waals surface area contributed by atoms with E-state index in [-0.39, 0.29) is 11.8 Å². The molecule has 130 valence electrons. The summed E-state index contributed by atoms with van der Waals surface area (Å²) in [5.74, 6) is -0.355. The first-order valence-corrected chi connectivity index (χ1v) is 11.3. The van der Waals surface area contributed by atoms with Crippen molar-refractivity contribution in [1.82, 2.24) is 0 Å². The van der Waals surface area contributed by atoms with Gasteiger partial charge in [-0.2, -0.15) is 0 Å². The van der Waals surface area contributed by atoms with Crippen LogP contribution in [0, 0.1) is 0 Å². The molecule has 0 aromatic heterocycles. The highest BCUT2D eigenvalue weighted by atomic mass is 32.2. The Labute approximate surface area is 142 Å². The number of hydrogen-bond acceptors (Lipinski definition) is 6. The zero-order valence-electron chi connectivity index (χ0n) is 13.5. The first kappa shape index (κ1) is 18.3. The predicted molar refractivity (Wildman–Crippen MR) is 98.5 cm³/mol. The van der Waals surface area contributed by atoms with Gasteiger partial charge in [-0.1, -0.05) is 36.4 Å². The minimum Gasteiger partial charge on any atom is -0.371 e. The molecule has 8 heteroatoms. The summed E-state index contributed by atoms with van der Waals surface area (Å²) in [6, 6.07) is 14.6. The Bertz CT molecular complexity index is 845. The van der Waals surface area contributed by atoms with Crippen molar-refractivity contribution in [3.63, 3.8) is 0 Å². The summed E-state index contributed by atoms with van der Waals surface area (Å²) in [6.07, 6.45) is 2.31. The molecule has 2 aromatic carbocycles. The molecular formula is C16H20N2O4S2. The smallest absolute Gasteiger partial charge is 0.165 e. The molecule has 0 aliphatic carbocycles. The highest BCUT2D eigenvalue weighted by Crippen LogP contribution is 2.33. The summed E-state index contributed by atoms with van der Waals surface area (Å²) in [6.45, 7) is 0. The quantitative estimate of drug-likeness (QED) is 0.778. The van der Waals surface area contributed by atoms with E-state index in [2.05, 4.69) is 10.6 Å². The van der Waals surface area contributed by atoms with Gasteiger partial charge in [-0.25, -0.2) is 16.8 Å². The number of anilines is 2. The lowest BCUT2D eigenvalue weighted by Crippen LogP contribution is -2.14. The Hall–Kier alpha value is -2.06. The van der Waals surface area contributed by atoms with E-state index in [1.54, 1.807) is 24.3 Å². The van der Waals surface area contributed by atoms with Crippen LogP contribution in [0.4, 0.5) is 11.4 Å². The number of para-hydroxylation sites is 2. The molecule has 0 aliphatic heterocycles. The van der Waals surface area contributed by atoms with Crippen LogP contribution in [0.1, 0.15) is 0 Å². The molecule has 0 saturated heterocycles. The summed E-state index contributed by atoms with van der Waals surface area (Å²) in [4.78, 5) is 0. The highest BCUT2D eigenvalue weighted by Gasteiger charge is 2.11. The molecular weight excluding hydrogens is 348 g/mol. The van der Waals surface area contributed by atoms with E-state index in [0.717, 1.165) is 23.6 Å². The minimum atomic E-state index is -3.17. The summed E-state index contributed by atoms with van der Waals surface area (Å²) in [5, 5.41) is 5.83. The molecule has 2 aromatic rings. The normalized spacial score (nSPS) is 11.9. The van der Waals surface area contributed by atoms with Gasteiger partial charge in [-0.05, 0) is 12.1 Å². The largest absolute Gasteiger partial charge is 0.371 e. The molecule has 24 heavy (non-hydrogen) atoms. The molecule has 0 heterocycles. The Morgan fingerprint density at radius 1 is 0.667 bits per heavy atom. The monoisotopic (exact) mass is 368 g/mol. The second-order valence-corrected chi connectivity index (χ2v) is 9.87. The van der Waals surface area contributed by atoms with Gasteiger partial charge in [0.25, 0.3) is 0 Å². The Morgan fingerprint density at radius 2 is 1.00 bits per heavy atom. The van der Waals surface area contributed by atoms with Crippen molar-refractivity contribution in [1.29, 1.82) is 0 Å². The summed E-state index contributed by atoms with van der Waals surface area (Å²) < 4.78 is 45.6.